The molecule has 0 unspecified atom stereocenters. The first-order valence-corrected chi connectivity index (χ1v) is 7.13. The molecule has 1 aromatic carbocycles. The van der Waals surface area contributed by atoms with E-state index in [4.69, 9.17) is 0 Å². The van der Waals surface area contributed by atoms with Crippen LogP contribution in [0.5, 0.6) is 5.75 Å². The minimum atomic E-state index is -0.116. The lowest BCUT2D eigenvalue weighted by Crippen LogP contribution is -2.26. The van der Waals surface area contributed by atoms with Gasteiger partial charge in [0, 0.05) is 13.6 Å². The molecule has 4 nitrogen and oxygen atoms in total. The number of rotatable bonds is 3. The predicted molar refractivity (Wildman–Crippen MR) is 80.1 cm³/mol. The third-order valence-electron chi connectivity index (χ3n) is 2.63. The number of amides is 1. The average molecular weight is 388 g/mol. The van der Waals surface area contributed by atoms with Crippen molar-refractivity contribution in [2.75, 3.05) is 7.05 Å². The maximum Gasteiger partial charge on any atom is 0.270 e. The molecule has 1 amide bonds. The molecule has 0 atom stereocenters. The number of H-pyrrole nitrogens is 1. The number of phenolic OH excluding ortho intramolecular Hbond substituents is 1. The van der Waals surface area contributed by atoms with Crippen molar-refractivity contribution in [3.8, 4) is 5.75 Å². The predicted octanol–water partition coefficient (Wildman–Crippen LogP) is 3.52. The van der Waals surface area contributed by atoms with Crippen LogP contribution in [-0.2, 0) is 6.54 Å². The number of hydrogen-bond acceptors (Lipinski definition) is 2. The molecule has 6 heteroatoms. The first-order chi connectivity index (χ1) is 8.97. The molecule has 0 radical (unpaired) electrons. The summed E-state index contributed by atoms with van der Waals surface area (Å²) in [5.41, 5.74) is 1.38. The van der Waals surface area contributed by atoms with Crippen molar-refractivity contribution in [2.45, 2.75) is 6.54 Å². The Morgan fingerprint density at radius 1 is 1.37 bits per heavy atom. The molecule has 2 N–H and O–H groups in total. The highest BCUT2D eigenvalue weighted by molar-refractivity contribution is 9.13. The second-order valence-electron chi connectivity index (χ2n) is 4.18. The summed E-state index contributed by atoms with van der Waals surface area (Å²) in [6, 6.07) is 8.59. The molecule has 19 heavy (non-hydrogen) atoms. The molecule has 1 aromatic heterocycles. The molecule has 0 saturated heterocycles. The fourth-order valence-electron chi connectivity index (χ4n) is 1.73. The lowest BCUT2D eigenvalue weighted by molar-refractivity contribution is 0.0779. The first kappa shape index (κ1) is 14.1. The van der Waals surface area contributed by atoms with Crippen LogP contribution in [0, 0.1) is 0 Å². The van der Waals surface area contributed by atoms with E-state index in [1.54, 1.807) is 36.2 Å². The van der Waals surface area contributed by atoms with E-state index in [1.807, 2.05) is 6.07 Å². The van der Waals surface area contributed by atoms with Gasteiger partial charge in [-0.05, 0) is 55.6 Å². The van der Waals surface area contributed by atoms with Gasteiger partial charge in [0.05, 0.1) is 9.08 Å². The Kier molecular flexibility index (Phi) is 4.31. The number of nitrogens with zero attached hydrogens (tertiary/aromatic N) is 1. The fourth-order valence-corrected chi connectivity index (χ4v) is 2.38. The van der Waals surface area contributed by atoms with Crippen molar-refractivity contribution < 1.29 is 9.90 Å². The van der Waals surface area contributed by atoms with Gasteiger partial charge in [0.1, 0.15) is 11.4 Å². The number of aromatic hydroxyl groups is 1. The van der Waals surface area contributed by atoms with E-state index >= 15 is 0 Å². The van der Waals surface area contributed by atoms with Gasteiger partial charge in [-0.3, -0.25) is 4.79 Å². The summed E-state index contributed by atoms with van der Waals surface area (Å²) in [6.07, 6.45) is 0. The molecular formula is C13H12Br2N2O2. The smallest absolute Gasteiger partial charge is 0.270 e. The van der Waals surface area contributed by atoms with Gasteiger partial charge in [0.25, 0.3) is 5.91 Å². The average Bonchev–Trinajstić information content (AvgIpc) is 2.68. The van der Waals surface area contributed by atoms with Gasteiger partial charge < -0.3 is 15.0 Å². The van der Waals surface area contributed by atoms with Gasteiger partial charge in [0.2, 0.25) is 0 Å². The molecule has 0 aliphatic rings. The number of carbonyl (C=O) groups excluding carboxylic acids is 1. The molecular weight excluding hydrogens is 376 g/mol. The topological polar surface area (TPSA) is 56.3 Å². The molecule has 0 spiro atoms. The van der Waals surface area contributed by atoms with Crippen LogP contribution in [0.3, 0.4) is 0 Å². The van der Waals surface area contributed by atoms with Crippen LogP contribution < -0.4 is 0 Å². The van der Waals surface area contributed by atoms with Gasteiger partial charge >= 0.3 is 0 Å². The van der Waals surface area contributed by atoms with Crippen molar-refractivity contribution in [2.24, 2.45) is 0 Å². The number of aromatic amines is 1. The Bertz CT molecular complexity index is 591. The summed E-state index contributed by atoms with van der Waals surface area (Å²) in [4.78, 5) is 16.7. The Morgan fingerprint density at radius 2 is 2.11 bits per heavy atom. The highest BCUT2D eigenvalue weighted by atomic mass is 79.9. The van der Waals surface area contributed by atoms with E-state index in [0.717, 1.165) is 14.6 Å². The number of nitrogens with one attached hydrogen (secondary N) is 1. The first-order valence-electron chi connectivity index (χ1n) is 5.55. The van der Waals surface area contributed by atoms with Gasteiger partial charge in [-0.15, -0.1) is 0 Å². The maximum atomic E-state index is 12.2. The van der Waals surface area contributed by atoms with Crippen LogP contribution in [0.2, 0.25) is 0 Å². The van der Waals surface area contributed by atoms with Crippen LogP contribution in [-0.4, -0.2) is 27.9 Å². The van der Waals surface area contributed by atoms with E-state index < -0.39 is 0 Å². The Labute approximate surface area is 127 Å². The number of aromatic nitrogens is 1. The zero-order valence-corrected chi connectivity index (χ0v) is 13.3. The minimum Gasteiger partial charge on any atom is -0.508 e. The minimum absolute atomic E-state index is 0.116. The van der Waals surface area contributed by atoms with Crippen LogP contribution in [0.15, 0.2) is 39.4 Å². The van der Waals surface area contributed by atoms with E-state index in [0.29, 0.717) is 12.2 Å². The molecule has 0 saturated carbocycles. The molecule has 100 valence electrons. The largest absolute Gasteiger partial charge is 0.508 e. The van der Waals surface area contributed by atoms with E-state index in [-0.39, 0.29) is 11.7 Å². The number of hydrogen-bond donors (Lipinski definition) is 2. The lowest BCUT2D eigenvalue weighted by atomic mass is 10.2. The van der Waals surface area contributed by atoms with Gasteiger partial charge in [-0.25, -0.2) is 0 Å². The van der Waals surface area contributed by atoms with Gasteiger partial charge in [-0.2, -0.15) is 0 Å². The Hall–Kier alpha value is -1.27. The summed E-state index contributed by atoms with van der Waals surface area (Å²) in [5.74, 6) is 0.0819. The molecule has 0 bridgehead atoms. The number of halogens is 2. The fraction of sp³-hybridized carbons (Fsp3) is 0.154. The Morgan fingerprint density at radius 3 is 2.68 bits per heavy atom. The van der Waals surface area contributed by atoms with E-state index in [1.165, 1.54) is 0 Å². The summed E-state index contributed by atoms with van der Waals surface area (Å²) in [6.45, 7) is 0.432. The van der Waals surface area contributed by atoms with Crippen molar-refractivity contribution >= 4 is 37.8 Å². The molecule has 1 heterocycles. The highest BCUT2D eigenvalue weighted by Gasteiger charge is 2.15. The van der Waals surface area contributed by atoms with Gasteiger partial charge in [-0.1, -0.05) is 12.1 Å². The zero-order valence-electron chi connectivity index (χ0n) is 10.2. The normalized spacial score (nSPS) is 10.5. The highest BCUT2D eigenvalue weighted by Crippen LogP contribution is 2.24. The van der Waals surface area contributed by atoms with E-state index in [9.17, 15) is 9.90 Å². The van der Waals surface area contributed by atoms with Crippen molar-refractivity contribution in [1.82, 2.24) is 9.88 Å². The molecule has 2 rings (SSSR count). The SMILES string of the molecule is CN(Cc1cccc(O)c1)C(=O)c1cc(Br)c(Br)[nH]1. The summed E-state index contributed by atoms with van der Waals surface area (Å²) in [7, 11) is 1.72. The zero-order chi connectivity index (χ0) is 14.0. The molecule has 0 fully saturated rings. The summed E-state index contributed by atoms with van der Waals surface area (Å²) >= 11 is 6.63. The lowest BCUT2D eigenvalue weighted by Gasteiger charge is -2.16. The second kappa shape index (κ2) is 5.79. The molecule has 2 aromatic rings. The number of benzene rings is 1. The van der Waals surface area contributed by atoms with Crippen LogP contribution in [0.25, 0.3) is 0 Å². The third-order valence-corrected chi connectivity index (χ3v) is 4.42. The van der Waals surface area contributed by atoms with Crippen LogP contribution >= 0.6 is 31.9 Å². The van der Waals surface area contributed by atoms with Crippen molar-refractivity contribution in [3.05, 3.63) is 50.7 Å². The summed E-state index contributed by atoms with van der Waals surface area (Å²) < 4.78 is 1.54. The maximum absolute atomic E-state index is 12.2. The molecule has 0 aliphatic heterocycles. The summed E-state index contributed by atoms with van der Waals surface area (Å²) in [5, 5.41) is 9.40. The second-order valence-corrected chi connectivity index (χ2v) is 5.82. The molecule has 0 aliphatic carbocycles. The standard InChI is InChI=1S/C13H12Br2N2O2/c1-17(7-8-3-2-4-9(18)5-8)13(19)11-6-10(14)12(15)16-11/h2-6,16,18H,7H2,1H3. The van der Waals surface area contributed by atoms with Crippen molar-refractivity contribution in [1.29, 1.82) is 0 Å². The monoisotopic (exact) mass is 386 g/mol. The Balaban J connectivity index is 2.11. The number of phenols is 1. The quantitative estimate of drug-likeness (QED) is 0.846. The van der Waals surface area contributed by atoms with Crippen molar-refractivity contribution in [3.63, 3.8) is 0 Å². The number of carbonyl (C=O) groups is 1. The van der Waals surface area contributed by atoms with Crippen LogP contribution in [0.1, 0.15) is 16.1 Å². The van der Waals surface area contributed by atoms with Crippen LogP contribution in [0.4, 0.5) is 0 Å². The van der Waals surface area contributed by atoms with E-state index in [2.05, 4.69) is 36.8 Å². The third kappa shape index (κ3) is 3.39. The van der Waals surface area contributed by atoms with Gasteiger partial charge in [0.15, 0.2) is 0 Å².